The van der Waals surface area contributed by atoms with E-state index in [4.69, 9.17) is 53.5 Å². The van der Waals surface area contributed by atoms with E-state index in [0.29, 0.717) is 5.75 Å². The van der Waals surface area contributed by atoms with E-state index in [1.54, 1.807) is 44.2 Å². The number of aromatic nitrogens is 2. The van der Waals surface area contributed by atoms with E-state index in [0.717, 1.165) is 16.8 Å². The van der Waals surface area contributed by atoms with Gasteiger partial charge < -0.3 is 23.6 Å². The van der Waals surface area contributed by atoms with Crippen molar-refractivity contribution < 1.29 is 28.4 Å². The predicted molar refractivity (Wildman–Crippen MR) is 132 cm³/mol. The zero-order chi connectivity index (χ0) is 25.8. The van der Waals surface area contributed by atoms with Gasteiger partial charge in [0.15, 0.2) is 10.6 Å². The number of nitrogens with one attached hydrogen (secondary N) is 2. The van der Waals surface area contributed by atoms with Crippen molar-refractivity contribution in [2.75, 3.05) is 13.2 Å². The van der Waals surface area contributed by atoms with Gasteiger partial charge in [-0.1, -0.05) is 41.4 Å². The molecule has 1 aromatic carbocycles. The number of carbonyl (C=O) groups is 1. The number of esters is 1. The fourth-order valence-electron chi connectivity index (χ4n) is 3.08. The van der Waals surface area contributed by atoms with Gasteiger partial charge in [-0.2, -0.15) is 0 Å². The number of ether oxygens (including phenoxy) is 2. The van der Waals surface area contributed by atoms with E-state index in [9.17, 15) is 19.5 Å². The highest BCUT2D eigenvalue weighted by molar-refractivity contribution is 8.09. The highest BCUT2D eigenvalue weighted by Crippen LogP contribution is 2.49. The lowest BCUT2D eigenvalue weighted by molar-refractivity contribution is -0.145. The van der Waals surface area contributed by atoms with Crippen LogP contribution in [0.4, 0.5) is 0 Å². The molecule has 3 N–H and O–H groups in total. The van der Waals surface area contributed by atoms with Gasteiger partial charge in [-0.25, -0.2) is 9.88 Å². The number of hydrogen-bond acceptors (Lipinski definition) is 9. The fourth-order valence-corrected chi connectivity index (χ4v) is 5.58. The molecule has 1 aliphatic heterocycles. The molecule has 35 heavy (non-hydrogen) atoms. The number of para-hydroxylation sites is 1. The number of alkyl halides is 2. The summed E-state index contributed by atoms with van der Waals surface area (Å²) in [5, 5.41) is 13.5. The Bertz CT molecular complexity index is 1190. The minimum atomic E-state index is -3.38. The van der Waals surface area contributed by atoms with E-state index < -0.39 is 46.6 Å². The largest absolute Gasteiger partial charge is 0.462 e. The van der Waals surface area contributed by atoms with Crippen LogP contribution in [0.25, 0.3) is 0 Å². The first-order valence-corrected chi connectivity index (χ1v) is 13.8. The van der Waals surface area contributed by atoms with Gasteiger partial charge >= 0.3 is 18.3 Å². The van der Waals surface area contributed by atoms with Crippen LogP contribution in [0.2, 0.25) is 0 Å². The Labute approximate surface area is 215 Å². The van der Waals surface area contributed by atoms with Crippen LogP contribution in [0, 0.1) is 0 Å². The Morgan fingerprint density at radius 2 is 2.00 bits per heavy atom. The molecule has 4 atom stereocenters. The second-order valence-corrected chi connectivity index (χ2v) is 12.4. The summed E-state index contributed by atoms with van der Waals surface area (Å²) in [6.45, 7) is -0.609. The SMILES string of the molecule is CC(C)OC(=O)CNP(=S)(OCC1OC(n2ccc(=O)[nH]c2=O)C(Cl)(Cl)C1O)Oc1ccccc1. The molecule has 0 bridgehead atoms. The summed E-state index contributed by atoms with van der Waals surface area (Å²) >= 11 is 18.2. The topological polar surface area (TPSA) is 141 Å². The quantitative estimate of drug-likeness (QED) is 0.221. The van der Waals surface area contributed by atoms with Crippen LogP contribution in [0.5, 0.6) is 5.75 Å². The standard InChI is InChI=1S/C20H24Cl2N3O8PS/c1-12(2)31-16(27)10-23-34(35,33-13-6-4-3-5-7-13)30-11-14-17(28)20(21,22)18(32-14)25-9-8-15(26)24-19(25)29/h3-9,12,14,17-18,28H,10-11H2,1-2H3,(H,23,35)(H,24,26,29). The zero-order valence-corrected chi connectivity index (χ0v) is 21.9. The first kappa shape index (κ1) is 27.8. The van der Waals surface area contributed by atoms with Crippen molar-refractivity contribution in [3.63, 3.8) is 0 Å². The molecule has 2 heterocycles. The Morgan fingerprint density at radius 3 is 2.63 bits per heavy atom. The maximum atomic E-state index is 12.2. The average Bonchev–Trinajstić information content (AvgIpc) is 3.00. The Balaban J connectivity index is 1.76. The maximum Gasteiger partial charge on any atom is 0.330 e. The van der Waals surface area contributed by atoms with Gasteiger partial charge in [0.2, 0.25) is 0 Å². The first-order valence-electron chi connectivity index (χ1n) is 10.4. The Hall–Kier alpha value is -1.76. The molecule has 4 unspecified atom stereocenters. The van der Waals surface area contributed by atoms with Gasteiger partial charge in [0.25, 0.3) is 5.56 Å². The smallest absolute Gasteiger partial charge is 0.330 e. The van der Waals surface area contributed by atoms with Crippen LogP contribution >= 0.6 is 29.8 Å². The van der Waals surface area contributed by atoms with Crippen molar-refractivity contribution >= 4 is 47.6 Å². The number of hydrogen-bond donors (Lipinski definition) is 3. The van der Waals surface area contributed by atoms with Crippen molar-refractivity contribution in [2.24, 2.45) is 0 Å². The number of rotatable bonds is 10. The van der Waals surface area contributed by atoms with Gasteiger partial charge in [-0.15, -0.1) is 0 Å². The lowest BCUT2D eigenvalue weighted by Gasteiger charge is -2.26. The van der Waals surface area contributed by atoms with Gasteiger partial charge in [-0.3, -0.25) is 19.1 Å². The number of nitrogens with zero attached hydrogens (tertiary/aromatic N) is 1. The molecule has 0 radical (unpaired) electrons. The van der Waals surface area contributed by atoms with Gasteiger partial charge in [0.05, 0.1) is 12.7 Å². The molecule has 1 fully saturated rings. The maximum absolute atomic E-state index is 12.2. The van der Waals surface area contributed by atoms with E-state index in [-0.39, 0.29) is 19.3 Å². The monoisotopic (exact) mass is 567 g/mol. The Morgan fingerprint density at radius 1 is 1.31 bits per heavy atom. The Kier molecular flexibility index (Phi) is 9.16. The molecule has 15 heteroatoms. The molecule has 11 nitrogen and oxygen atoms in total. The second-order valence-electron chi connectivity index (χ2n) is 7.73. The summed E-state index contributed by atoms with van der Waals surface area (Å²) in [5.74, 6) is -0.181. The molecule has 0 amide bonds. The lowest BCUT2D eigenvalue weighted by Crippen LogP contribution is -2.41. The van der Waals surface area contributed by atoms with Crippen molar-refractivity contribution in [3.8, 4) is 5.75 Å². The number of aliphatic hydroxyl groups excluding tert-OH is 1. The molecule has 0 saturated carbocycles. The molecule has 2 aromatic rings. The number of aromatic amines is 1. The van der Waals surface area contributed by atoms with E-state index in [1.807, 2.05) is 0 Å². The van der Waals surface area contributed by atoms with Crippen molar-refractivity contribution in [3.05, 3.63) is 63.4 Å². The normalized spacial score (nSPS) is 23.1. The molecule has 0 aliphatic carbocycles. The van der Waals surface area contributed by atoms with Crippen LogP contribution in [0.3, 0.4) is 0 Å². The third kappa shape index (κ3) is 7.14. The third-order valence-corrected chi connectivity index (χ3v) is 7.88. The highest BCUT2D eigenvalue weighted by atomic mass is 35.5. The number of aliphatic hydroxyl groups is 1. The molecule has 1 saturated heterocycles. The van der Waals surface area contributed by atoms with Gasteiger partial charge in [0.1, 0.15) is 24.5 Å². The fraction of sp³-hybridized carbons (Fsp3) is 0.450. The summed E-state index contributed by atoms with van der Waals surface area (Å²) < 4.78 is 21.4. The average molecular weight is 568 g/mol. The summed E-state index contributed by atoms with van der Waals surface area (Å²) in [5.41, 5.74) is -1.45. The van der Waals surface area contributed by atoms with Crippen molar-refractivity contribution in [1.29, 1.82) is 0 Å². The van der Waals surface area contributed by atoms with E-state index >= 15 is 0 Å². The first-order chi connectivity index (χ1) is 16.4. The lowest BCUT2D eigenvalue weighted by atomic mass is 10.2. The third-order valence-electron chi connectivity index (χ3n) is 4.64. The molecular weight excluding hydrogens is 544 g/mol. The molecule has 3 rings (SSSR count). The van der Waals surface area contributed by atoms with Crippen LogP contribution < -0.4 is 20.9 Å². The minimum Gasteiger partial charge on any atom is -0.462 e. The van der Waals surface area contributed by atoms with Crippen LogP contribution in [-0.4, -0.2) is 56.4 Å². The van der Waals surface area contributed by atoms with Crippen molar-refractivity contribution in [1.82, 2.24) is 14.6 Å². The molecule has 1 aromatic heterocycles. The molecule has 1 aliphatic rings. The molecule has 192 valence electrons. The van der Waals surface area contributed by atoms with Crippen LogP contribution in [0.15, 0.2) is 52.2 Å². The van der Waals surface area contributed by atoms with Crippen molar-refractivity contribution in [2.45, 2.75) is 42.7 Å². The van der Waals surface area contributed by atoms with Crippen LogP contribution in [-0.2, 0) is 30.6 Å². The number of halogens is 2. The molecule has 0 spiro atoms. The van der Waals surface area contributed by atoms with E-state index in [1.165, 1.54) is 0 Å². The predicted octanol–water partition coefficient (Wildman–Crippen LogP) is 1.83. The summed E-state index contributed by atoms with van der Waals surface area (Å²) in [4.78, 5) is 37.6. The second kappa shape index (κ2) is 11.5. The van der Waals surface area contributed by atoms with Crippen LogP contribution in [0.1, 0.15) is 20.1 Å². The number of H-pyrrole nitrogens is 1. The number of benzene rings is 1. The van der Waals surface area contributed by atoms with Gasteiger partial charge in [0, 0.05) is 12.3 Å². The van der Waals surface area contributed by atoms with E-state index in [2.05, 4.69) is 10.1 Å². The summed E-state index contributed by atoms with van der Waals surface area (Å²) in [6.07, 6.45) is -3.18. The highest BCUT2D eigenvalue weighted by Gasteiger charge is 2.56. The summed E-state index contributed by atoms with van der Waals surface area (Å²) in [7, 11) is 0. The summed E-state index contributed by atoms with van der Waals surface area (Å²) in [6, 6.07) is 9.63. The minimum absolute atomic E-state index is 0.291. The van der Waals surface area contributed by atoms with Gasteiger partial charge in [-0.05, 0) is 37.8 Å². The number of carbonyl (C=O) groups excluding carboxylic acids is 1. The molecular formula is C20H24Cl2N3O8PS. The zero-order valence-electron chi connectivity index (χ0n) is 18.6.